The maximum absolute atomic E-state index is 8.71. The van der Waals surface area contributed by atoms with Crippen molar-refractivity contribution in [3.8, 4) is 0 Å². The molecule has 0 saturated heterocycles. The van der Waals surface area contributed by atoms with E-state index in [1.165, 1.54) is 0 Å². The van der Waals surface area contributed by atoms with Gasteiger partial charge in [0, 0.05) is 264 Å². The molecule has 0 atom stereocenters. The van der Waals surface area contributed by atoms with Crippen molar-refractivity contribution in [1.29, 1.82) is 0 Å². The van der Waals surface area contributed by atoms with E-state index in [1.807, 2.05) is 0 Å². The Bertz CT molecular complexity index is 1340. The molecule has 0 amide bonds. The average Bonchev–Trinajstić information content (AvgIpc) is 3.61. The van der Waals surface area contributed by atoms with E-state index in [0.717, 1.165) is 122 Å². The average molecular weight is 1400 g/mol. The zero-order chi connectivity index (χ0) is 68.5. The van der Waals surface area contributed by atoms with E-state index in [-0.39, 0.29) is 6.61 Å². The maximum atomic E-state index is 8.71. The van der Waals surface area contributed by atoms with Gasteiger partial charge in [0.25, 0.3) is 0 Å². The molecule has 0 aromatic heterocycles. The molecule has 25 heteroatoms. The van der Waals surface area contributed by atoms with Gasteiger partial charge in [0.2, 0.25) is 0 Å². The van der Waals surface area contributed by atoms with E-state index >= 15 is 0 Å². The van der Waals surface area contributed by atoms with Crippen molar-refractivity contribution in [2.75, 3.05) is 324 Å². The second-order valence-corrected chi connectivity index (χ2v) is 22.2. The predicted octanol–water partition coefficient (Wildman–Crippen LogP) is 8.37. The van der Waals surface area contributed by atoms with E-state index in [9.17, 15) is 0 Å². The minimum absolute atomic E-state index is 0.174. The smallest absolute Gasteiger partial charge is 0.0704 e. The molecule has 25 nitrogen and oxygen atoms in total. The number of hydrogen-bond donors (Lipinski definition) is 1. The summed E-state index contributed by atoms with van der Waals surface area (Å²) >= 11 is 0. The van der Waals surface area contributed by atoms with Gasteiger partial charge < -0.3 is 119 Å². The van der Waals surface area contributed by atoms with Gasteiger partial charge in [-0.25, -0.2) is 0 Å². The molecule has 0 rings (SSSR count). The van der Waals surface area contributed by atoms with Gasteiger partial charge in [0.05, 0.1) is 59.5 Å². The van der Waals surface area contributed by atoms with Crippen molar-refractivity contribution in [3.05, 3.63) is 12.7 Å². The Labute approximate surface area is 581 Å². The summed E-state index contributed by atoms with van der Waals surface area (Å²) in [4.78, 5) is 0. The minimum atomic E-state index is 0.174. The van der Waals surface area contributed by atoms with E-state index < -0.39 is 0 Å². The van der Waals surface area contributed by atoms with Crippen LogP contribution in [0.5, 0.6) is 0 Å². The minimum Gasteiger partial charge on any atom is -0.396 e. The van der Waals surface area contributed by atoms with Crippen LogP contribution in [0.2, 0.25) is 0 Å². The molecule has 0 saturated carbocycles. The van der Waals surface area contributed by atoms with Crippen molar-refractivity contribution in [3.63, 3.8) is 0 Å². The Balaban J connectivity index is 3.09. The van der Waals surface area contributed by atoms with E-state index in [4.69, 9.17) is 119 Å². The van der Waals surface area contributed by atoms with Gasteiger partial charge >= 0.3 is 0 Å². The van der Waals surface area contributed by atoms with Crippen molar-refractivity contribution >= 4 is 0 Å². The maximum Gasteiger partial charge on any atom is 0.0704 e. The highest BCUT2D eigenvalue weighted by molar-refractivity contribution is 4.63. The Morgan fingerprint density at radius 3 is 0.344 bits per heavy atom. The number of rotatable bonds is 93. The lowest BCUT2D eigenvalue weighted by molar-refractivity contribution is -0.0111. The molecule has 96 heavy (non-hydrogen) atoms. The summed E-state index contributed by atoms with van der Waals surface area (Å²) in [6.45, 7) is 35.7. The SMILES string of the molecule is C=CCOCCOCCOCCOCCOCCCOCCCOCCCOCCCOCCCOCCCOCCCOCCCOCCCOCCCOCCCOCCCOCCCOCCCOCCCOCCCOCCCOCCCOCCCOCCCO. The first-order chi connectivity index (χ1) is 47.9. The van der Waals surface area contributed by atoms with Gasteiger partial charge in [0.1, 0.15) is 0 Å². The van der Waals surface area contributed by atoms with Crippen LogP contribution in [-0.2, 0) is 114 Å². The van der Waals surface area contributed by atoms with Crippen molar-refractivity contribution in [1.82, 2.24) is 0 Å². The van der Waals surface area contributed by atoms with Crippen molar-refractivity contribution < 1.29 is 119 Å². The number of ether oxygens (including phenoxy) is 24. The largest absolute Gasteiger partial charge is 0.396 e. The molecule has 0 unspecified atom stereocenters. The molecule has 0 aromatic carbocycles. The van der Waals surface area contributed by atoms with Crippen LogP contribution >= 0.6 is 0 Å². The zero-order valence-corrected chi connectivity index (χ0v) is 60.3. The first kappa shape index (κ1) is 94.7. The molecule has 576 valence electrons. The molecule has 0 radical (unpaired) electrons. The molecule has 0 aromatic rings. The summed E-state index contributed by atoms with van der Waals surface area (Å²) in [6.07, 6.45) is 19.1. The molecule has 1 N–H and O–H groups in total. The molecule has 0 aliphatic rings. The van der Waals surface area contributed by atoms with Gasteiger partial charge in [-0.2, -0.15) is 0 Å². The van der Waals surface area contributed by atoms with E-state index in [2.05, 4.69) is 6.58 Å². The first-order valence-electron chi connectivity index (χ1n) is 37.0. The summed E-state index contributed by atoms with van der Waals surface area (Å²) < 4.78 is 135. The molecule has 0 aliphatic carbocycles. The van der Waals surface area contributed by atoms with E-state index in [1.54, 1.807) is 6.08 Å². The highest BCUT2D eigenvalue weighted by Crippen LogP contribution is 2.00. The lowest BCUT2D eigenvalue weighted by Gasteiger charge is -2.08. The van der Waals surface area contributed by atoms with Gasteiger partial charge in [-0.15, -0.1) is 6.58 Å². The summed E-state index contributed by atoms with van der Waals surface area (Å²) in [7, 11) is 0. The Morgan fingerprint density at radius 1 is 0.135 bits per heavy atom. The topological polar surface area (TPSA) is 242 Å². The Morgan fingerprint density at radius 2 is 0.229 bits per heavy atom. The van der Waals surface area contributed by atoms with Crippen LogP contribution < -0.4 is 0 Å². The fraction of sp³-hybridized carbons (Fsp3) is 0.972. The highest BCUT2D eigenvalue weighted by Gasteiger charge is 2.02. The van der Waals surface area contributed by atoms with Gasteiger partial charge in [0.15, 0.2) is 0 Å². The summed E-state index contributed by atoms with van der Waals surface area (Å²) in [5.74, 6) is 0. The lowest BCUT2D eigenvalue weighted by Crippen LogP contribution is -2.13. The highest BCUT2D eigenvalue weighted by atomic mass is 16.6. The third-order valence-corrected chi connectivity index (χ3v) is 13.1. The normalized spacial score (nSPS) is 11.8. The standard InChI is InChI=1S/C71H142O25/c1-2-24-73-64-66-94-68-70-96-71-69-95-67-65-93-63-22-62-92-61-21-60-91-59-20-58-90-57-19-56-89-55-18-54-88-53-17-52-87-51-16-50-86-49-15-48-85-47-14-46-84-45-13-44-83-43-12-42-82-41-11-40-81-39-10-38-80-37-9-36-79-35-8-34-78-33-7-32-77-31-6-30-76-29-5-28-75-27-4-26-74-25-3-23-72/h2,72H,1,3-71H2. The molecule has 0 spiro atoms. The van der Waals surface area contributed by atoms with E-state index in [0.29, 0.717) is 324 Å². The van der Waals surface area contributed by atoms with Crippen molar-refractivity contribution in [2.24, 2.45) is 0 Å². The monoisotopic (exact) mass is 1390 g/mol. The summed E-state index contributed by atoms with van der Waals surface area (Å²) in [6, 6.07) is 0. The van der Waals surface area contributed by atoms with Gasteiger partial charge in [-0.1, -0.05) is 6.08 Å². The van der Waals surface area contributed by atoms with Crippen molar-refractivity contribution in [2.45, 2.75) is 128 Å². The van der Waals surface area contributed by atoms with Gasteiger partial charge in [-0.05, 0) is 128 Å². The fourth-order valence-electron chi connectivity index (χ4n) is 8.15. The quantitative estimate of drug-likeness (QED) is 0.0444. The van der Waals surface area contributed by atoms with Crippen LogP contribution in [0.1, 0.15) is 128 Å². The molecule has 0 aliphatic heterocycles. The van der Waals surface area contributed by atoms with Crippen LogP contribution in [0, 0.1) is 0 Å². The van der Waals surface area contributed by atoms with Crippen LogP contribution in [0.15, 0.2) is 12.7 Å². The first-order valence-corrected chi connectivity index (χ1v) is 37.0. The molecular weight excluding hydrogens is 1250 g/mol. The third kappa shape index (κ3) is 92.7. The van der Waals surface area contributed by atoms with Crippen LogP contribution in [-0.4, -0.2) is 329 Å². The molecular formula is C71H142O25. The molecule has 0 bridgehead atoms. The second kappa shape index (κ2) is 93.7. The van der Waals surface area contributed by atoms with Crippen LogP contribution in [0.25, 0.3) is 0 Å². The Kier molecular flexibility index (Phi) is 92.5. The van der Waals surface area contributed by atoms with Gasteiger partial charge in [-0.3, -0.25) is 0 Å². The summed E-state index contributed by atoms with van der Waals surface area (Å²) in [5.41, 5.74) is 0. The zero-order valence-electron chi connectivity index (χ0n) is 60.3. The second-order valence-electron chi connectivity index (χ2n) is 22.2. The third-order valence-electron chi connectivity index (χ3n) is 13.1. The number of aliphatic hydroxyl groups excluding tert-OH is 1. The Hall–Kier alpha value is -1.26. The lowest BCUT2D eigenvalue weighted by atomic mass is 10.4. The van der Waals surface area contributed by atoms with Crippen LogP contribution in [0.3, 0.4) is 0 Å². The predicted molar refractivity (Wildman–Crippen MR) is 369 cm³/mol. The number of aliphatic hydroxyl groups is 1. The molecule has 0 fully saturated rings. The number of hydrogen-bond acceptors (Lipinski definition) is 25. The summed E-state index contributed by atoms with van der Waals surface area (Å²) in [5, 5.41) is 8.71. The fourth-order valence-corrected chi connectivity index (χ4v) is 8.15. The molecule has 0 heterocycles. The van der Waals surface area contributed by atoms with Crippen LogP contribution in [0.4, 0.5) is 0 Å².